The zero-order valence-electron chi connectivity index (χ0n) is 28.4. The molecule has 1 heterocycles. The number of thioether (sulfide) groups is 1. The fourth-order valence-corrected chi connectivity index (χ4v) is 5.75. The first kappa shape index (κ1) is 42.2. The minimum absolute atomic E-state index is 0.0186. The third-order valence-electron chi connectivity index (χ3n) is 7.50. The van der Waals surface area contributed by atoms with Crippen LogP contribution in [0.1, 0.15) is 59.8 Å². The molecule has 1 rings (SSSR count). The number of rotatable bonds is 26. The zero-order valence-corrected chi connectivity index (χ0v) is 29.2. The largest absolute Gasteiger partial charge is 0.480 e. The van der Waals surface area contributed by atoms with Crippen LogP contribution in [0, 0.1) is 5.92 Å². The van der Waals surface area contributed by atoms with Crippen LogP contribution in [0.25, 0.3) is 0 Å². The van der Waals surface area contributed by atoms with Crippen LogP contribution >= 0.6 is 11.8 Å². The van der Waals surface area contributed by atoms with Gasteiger partial charge in [0.1, 0.15) is 6.04 Å². The molecule has 0 aromatic heterocycles. The van der Waals surface area contributed by atoms with Crippen molar-refractivity contribution < 1.29 is 43.4 Å². The summed E-state index contributed by atoms with van der Waals surface area (Å²) in [4.78, 5) is 80.3. The molecule has 0 spiro atoms. The number of hydrogen-bond donors (Lipinski definition) is 6. The second kappa shape index (κ2) is 22.7. The number of imide groups is 1. The number of aliphatic carboxylic acids is 1. The number of nitrogens with one attached hydrogen (secondary N) is 4. The summed E-state index contributed by atoms with van der Waals surface area (Å²) in [6, 6.07) is -0.811. The molecular weight excluding hydrogens is 634 g/mol. The van der Waals surface area contributed by atoms with Gasteiger partial charge >= 0.3 is 5.97 Å². The first-order valence-corrected chi connectivity index (χ1v) is 17.1. The summed E-state index contributed by atoms with van der Waals surface area (Å²) in [5.74, 6) is 3.14. The van der Waals surface area contributed by atoms with Gasteiger partial charge in [0, 0.05) is 76.7 Å². The van der Waals surface area contributed by atoms with E-state index >= 15 is 0 Å². The van der Waals surface area contributed by atoms with Crippen LogP contribution in [0.4, 0.5) is 0 Å². The Morgan fingerprint density at radius 3 is 2.28 bits per heavy atom. The van der Waals surface area contributed by atoms with Crippen molar-refractivity contribution in [2.45, 2.75) is 76.7 Å². The molecule has 16 nitrogen and oxygen atoms in total. The van der Waals surface area contributed by atoms with Gasteiger partial charge in [0.25, 0.3) is 0 Å². The summed E-state index contributed by atoms with van der Waals surface area (Å²) < 4.78 is 5.88. The monoisotopic (exact) mass is 689 g/mol. The third-order valence-corrected chi connectivity index (χ3v) is 8.79. The molecule has 17 heteroatoms. The molecule has 1 aliphatic heterocycles. The van der Waals surface area contributed by atoms with Gasteiger partial charge in [-0.25, -0.2) is 5.90 Å². The maximum absolute atomic E-state index is 12.6. The average molecular weight is 690 g/mol. The number of likely N-dealkylation sites (tertiary alicyclic amines) is 1. The van der Waals surface area contributed by atoms with Gasteiger partial charge in [-0.05, 0) is 33.7 Å². The Kier molecular flexibility index (Phi) is 20.4. The summed E-state index contributed by atoms with van der Waals surface area (Å²) in [6.45, 7) is 11.0. The fraction of sp³-hybridized carbons (Fsp3) is 0.800. The normalized spacial score (nSPS) is 15.7. The Morgan fingerprint density at radius 1 is 1.02 bits per heavy atom. The Labute approximate surface area is 281 Å². The lowest BCUT2D eigenvalue weighted by atomic mass is 10.1. The molecule has 47 heavy (non-hydrogen) atoms. The number of carbonyl (C=O) groups is 6. The van der Waals surface area contributed by atoms with E-state index in [4.69, 9.17) is 15.7 Å². The first-order valence-electron chi connectivity index (χ1n) is 16.1. The summed E-state index contributed by atoms with van der Waals surface area (Å²) >= 11 is 1.14. The van der Waals surface area contributed by atoms with Crippen LogP contribution in [-0.4, -0.2) is 139 Å². The Morgan fingerprint density at radius 2 is 1.66 bits per heavy atom. The fourth-order valence-electron chi connectivity index (χ4n) is 4.49. The van der Waals surface area contributed by atoms with Crippen LogP contribution < -0.4 is 27.2 Å². The van der Waals surface area contributed by atoms with E-state index in [2.05, 4.69) is 26.1 Å². The van der Waals surface area contributed by atoms with Crippen LogP contribution in [0.3, 0.4) is 0 Å². The summed E-state index contributed by atoms with van der Waals surface area (Å²) in [7, 11) is 1.52. The molecule has 1 saturated heterocycles. The molecule has 270 valence electrons. The van der Waals surface area contributed by atoms with Gasteiger partial charge in [0.15, 0.2) is 0 Å². The van der Waals surface area contributed by atoms with Gasteiger partial charge in [-0.1, -0.05) is 13.8 Å². The minimum Gasteiger partial charge on any atom is -0.480 e. The highest BCUT2D eigenvalue weighted by molar-refractivity contribution is 8.00. The molecule has 7 N–H and O–H groups in total. The van der Waals surface area contributed by atoms with E-state index in [-0.39, 0.29) is 73.6 Å². The molecule has 0 bridgehead atoms. The predicted octanol–water partition coefficient (Wildman–Crippen LogP) is -0.928. The molecule has 2 unspecified atom stereocenters. The lowest BCUT2D eigenvalue weighted by molar-refractivity contribution is -0.140. The van der Waals surface area contributed by atoms with Crippen molar-refractivity contribution in [2.75, 3.05) is 71.8 Å². The van der Waals surface area contributed by atoms with E-state index in [1.54, 1.807) is 0 Å². The van der Waals surface area contributed by atoms with Crippen molar-refractivity contribution in [3.8, 4) is 0 Å². The highest BCUT2D eigenvalue weighted by Gasteiger charge is 2.39. The number of carbonyl (C=O) groups excluding carboxylic acids is 5. The average Bonchev–Trinajstić information content (AvgIpc) is 3.26. The molecular formula is C30H55N7O9S. The maximum atomic E-state index is 12.6. The van der Waals surface area contributed by atoms with E-state index in [1.807, 2.05) is 32.6 Å². The van der Waals surface area contributed by atoms with Crippen molar-refractivity contribution in [3.63, 3.8) is 0 Å². The van der Waals surface area contributed by atoms with Gasteiger partial charge < -0.3 is 35.9 Å². The zero-order chi connectivity index (χ0) is 35.4. The lowest BCUT2D eigenvalue weighted by Crippen LogP contribution is -2.42. The second-order valence-electron chi connectivity index (χ2n) is 12.2. The van der Waals surface area contributed by atoms with E-state index in [9.17, 15) is 28.8 Å². The number of amides is 5. The van der Waals surface area contributed by atoms with E-state index in [0.717, 1.165) is 16.7 Å². The standard InChI is InChI=1S/C30H55N7O9S/c1-21(2)27(41)35-12-15-36(16-18-46-31)14-11-34-25(39)8-17-45-30(3,4)9-10-33-24(38)7-6-13-37-26(40)19-23(28(37)42)47-20-22(32-5)29(43)44/h21-23,32H,6-20,31H2,1-5H3,(H,33,38)(H,34,39)(H,35,41)(H,43,44). The van der Waals surface area contributed by atoms with Crippen molar-refractivity contribution in [1.29, 1.82) is 0 Å². The lowest BCUT2D eigenvalue weighted by Gasteiger charge is -2.25. The van der Waals surface area contributed by atoms with E-state index < -0.39 is 22.9 Å². The number of carboxylic acid groups (broad SMARTS) is 1. The molecule has 0 saturated carbocycles. The number of nitrogens with zero attached hydrogens (tertiary/aromatic N) is 2. The van der Waals surface area contributed by atoms with E-state index in [0.29, 0.717) is 58.7 Å². The maximum Gasteiger partial charge on any atom is 0.321 e. The van der Waals surface area contributed by atoms with Gasteiger partial charge in [0.2, 0.25) is 29.5 Å². The number of carboxylic acids is 1. The summed E-state index contributed by atoms with van der Waals surface area (Å²) in [5.41, 5.74) is -0.582. The second-order valence-corrected chi connectivity index (χ2v) is 13.4. The number of hydrogen-bond acceptors (Lipinski definition) is 12. The van der Waals surface area contributed by atoms with Gasteiger partial charge in [-0.2, -0.15) is 0 Å². The van der Waals surface area contributed by atoms with Crippen molar-refractivity contribution in [3.05, 3.63) is 0 Å². The van der Waals surface area contributed by atoms with Crippen molar-refractivity contribution in [2.24, 2.45) is 11.8 Å². The molecule has 0 aromatic carbocycles. The predicted molar refractivity (Wildman–Crippen MR) is 177 cm³/mol. The topological polar surface area (TPSA) is 222 Å². The highest BCUT2D eigenvalue weighted by Crippen LogP contribution is 2.26. The summed E-state index contributed by atoms with van der Waals surface area (Å²) in [5, 5.41) is 19.7. The molecule has 2 atom stereocenters. The van der Waals surface area contributed by atoms with Crippen LogP contribution in [0.2, 0.25) is 0 Å². The smallest absolute Gasteiger partial charge is 0.321 e. The van der Waals surface area contributed by atoms with Crippen molar-refractivity contribution in [1.82, 2.24) is 31.1 Å². The first-order chi connectivity index (χ1) is 22.2. The van der Waals surface area contributed by atoms with Gasteiger partial charge in [-0.15, -0.1) is 11.8 Å². The number of nitrogens with two attached hydrogens (primary N) is 1. The third kappa shape index (κ3) is 17.8. The summed E-state index contributed by atoms with van der Waals surface area (Å²) in [6.07, 6.45) is 1.16. The Bertz CT molecular complexity index is 1030. The van der Waals surface area contributed by atoms with E-state index in [1.165, 1.54) is 7.05 Å². The quantitative estimate of drug-likeness (QED) is 0.0478. The minimum atomic E-state index is -1.02. The SMILES string of the molecule is CNC(CSC1CC(=O)N(CCCC(=O)NCCC(C)(C)OCCC(=O)NCCN(CCNC(=O)C(C)C)CCON)C1=O)C(=O)O. The van der Waals surface area contributed by atoms with Crippen LogP contribution in [0.15, 0.2) is 0 Å². The Balaban J connectivity index is 2.25. The molecule has 0 aliphatic carbocycles. The molecule has 1 aliphatic rings. The molecule has 5 amide bonds. The number of likely N-dealkylation sites (N-methyl/N-ethyl adjacent to an activating group) is 1. The van der Waals surface area contributed by atoms with Gasteiger partial charge in [0.05, 0.1) is 24.1 Å². The highest BCUT2D eigenvalue weighted by atomic mass is 32.2. The van der Waals surface area contributed by atoms with Crippen LogP contribution in [-0.2, 0) is 38.3 Å². The van der Waals surface area contributed by atoms with Crippen molar-refractivity contribution >= 4 is 47.3 Å². The molecule has 0 radical (unpaired) electrons. The van der Waals surface area contributed by atoms with Crippen LogP contribution in [0.5, 0.6) is 0 Å². The Hall–Kier alpha value is -2.83. The molecule has 0 aromatic rings. The molecule has 1 fully saturated rings. The number of ether oxygens (including phenoxy) is 1. The van der Waals surface area contributed by atoms with Gasteiger partial charge in [-0.3, -0.25) is 38.6 Å².